The molecule has 0 bridgehead atoms. The van der Waals surface area contributed by atoms with E-state index in [0.717, 1.165) is 22.6 Å². The third-order valence-corrected chi connectivity index (χ3v) is 8.55. The lowest BCUT2D eigenvalue weighted by Crippen LogP contribution is -2.40. The first-order valence-electron chi connectivity index (χ1n) is 12.8. The molecule has 0 saturated carbocycles. The van der Waals surface area contributed by atoms with Gasteiger partial charge in [-0.1, -0.05) is 47.2 Å². The summed E-state index contributed by atoms with van der Waals surface area (Å²) >= 11 is 7.91. The Bertz CT molecular complexity index is 1840. The van der Waals surface area contributed by atoms with E-state index < -0.39 is 12.0 Å². The van der Waals surface area contributed by atoms with Crippen molar-refractivity contribution < 1.29 is 9.53 Å². The molecule has 2 aromatic heterocycles. The number of nitrogens with zero attached hydrogens (tertiary/aromatic N) is 3. The average molecular weight is 560 g/mol. The van der Waals surface area contributed by atoms with Crippen LogP contribution in [0.2, 0.25) is 5.02 Å². The van der Waals surface area contributed by atoms with Gasteiger partial charge in [0.25, 0.3) is 5.56 Å². The SMILES string of the molecule is CCOC(=O)C1=C(C)N=c2s/c(=C\c3cc(C)n(-c4ccc(C)c(C)c4)c3C)c(=O)n2[C@@H]1c1ccccc1Cl. The molecule has 0 unspecified atom stereocenters. The fourth-order valence-electron chi connectivity index (χ4n) is 5.12. The van der Waals surface area contributed by atoms with Crippen LogP contribution in [0, 0.1) is 27.7 Å². The maximum Gasteiger partial charge on any atom is 0.338 e. The van der Waals surface area contributed by atoms with Crippen LogP contribution >= 0.6 is 22.9 Å². The van der Waals surface area contributed by atoms with Crippen molar-refractivity contribution in [3.63, 3.8) is 0 Å². The highest BCUT2D eigenvalue weighted by Gasteiger charge is 2.34. The molecule has 0 N–H and O–H groups in total. The van der Waals surface area contributed by atoms with Gasteiger partial charge in [-0.15, -0.1) is 0 Å². The third kappa shape index (κ3) is 4.70. The summed E-state index contributed by atoms with van der Waals surface area (Å²) in [6, 6.07) is 15.0. The summed E-state index contributed by atoms with van der Waals surface area (Å²) in [7, 11) is 0. The number of rotatable bonds is 5. The molecule has 0 radical (unpaired) electrons. The zero-order valence-electron chi connectivity index (χ0n) is 22.8. The monoisotopic (exact) mass is 559 g/mol. The van der Waals surface area contributed by atoms with Crippen LogP contribution in [0.1, 0.15) is 53.5 Å². The summed E-state index contributed by atoms with van der Waals surface area (Å²) in [6.45, 7) is 12.1. The summed E-state index contributed by atoms with van der Waals surface area (Å²) in [5.74, 6) is -0.505. The van der Waals surface area contributed by atoms with E-state index >= 15 is 0 Å². The molecule has 0 fully saturated rings. The van der Waals surface area contributed by atoms with Crippen molar-refractivity contribution in [1.29, 1.82) is 0 Å². The number of aromatic nitrogens is 2. The predicted molar refractivity (Wildman–Crippen MR) is 157 cm³/mol. The number of hydrogen-bond donors (Lipinski definition) is 0. The lowest BCUT2D eigenvalue weighted by molar-refractivity contribution is -0.139. The van der Waals surface area contributed by atoms with Crippen molar-refractivity contribution in [2.45, 2.75) is 47.6 Å². The summed E-state index contributed by atoms with van der Waals surface area (Å²) in [5, 5.41) is 0.463. The second-order valence-corrected chi connectivity index (χ2v) is 11.2. The van der Waals surface area contributed by atoms with Crippen LogP contribution in [0.15, 0.2) is 69.6 Å². The molecular formula is C31H30ClN3O3S. The number of hydrogen-bond acceptors (Lipinski definition) is 5. The van der Waals surface area contributed by atoms with Crippen molar-refractivity contribution in [3.8, 4) is 5.69 Å². The molecule has 0 aliphatic carbocycles. The van der Waals surface area contributed by atoms with Gasteiger partial charge < -0.3 is 9.30 Å². The van der Waals surface area contributed by atoms with Crippen LogP contribution in [-0.2, 0) is 9.53 Å². The molecule has 1 aliphatic rings. The number of carbonyl (C=O) groups excluding carboxylic acids is 1. The average Bonchev–Trinajstić information content (AvgIpc) is 3.34. The molecule has 4 aromatic rings. The van der Waals surface area contributed by atoms with E-state index in [4.69, 9.17) is 16.3 Å². The lowest BCUT2D eigenvalue weighted by Gasteiger charge is -2.25. The van der Waals surface area contributed by atoms with Crippen molar-refractivity contribution in [1.82, 2.24) is 9.13 Å². The molecule has 0 amide bonds. The maximum atomic E-state index is 14.0. The van der Waals surface area contributed by atoms with Crippen molar-refractivity contribution in [2.75, 3.05) is 6.61 Å². The minimum absolute atomic E-state index is 0.214. The number of allylic oxidation sites excluding steroid dienone is 1. The molecule has 2 aromatic carbocycles. The van der Waals surface area contributed by atoms with Crippen LogP contribution < -0.4 is 14.9 Å². The Morgan fingerprint density at radius 3 is 2.51 bits per heavy atom. The van der Waals surface area contributed by atoms with E-state index in [2.05, 4.69) is 61.5 Å². The second-order valence-electron chi connectivity index (χ2n) is 9.75. The Morgan fingerprint density at radius 1 is 1.08 bits per heavy atom. The molecule has 0 saturated heterocycles. The predicted octanol–water partition coefficient (Wildman–Crippen LogP) is 5.48. The summed E-state index contributed by atoms with van der Waals surface area (Å²) in [5.41, 5.74) is 7.86. The van der Waals surface area contributed by atoms with Gasteiger partial charge >= 0.3 is 5.97 Å². The normalized spacial score (nSPS) is 15.4. The number of ether oxygens (including phenoxy) is 1. The van der Waals surface area contributed by atoms with Crippen LogP contribution in [-0.4, -0.2) is 21.7 Å². The molecule has 200 valence electrons. The molecule has 1 atom stereocenters. The molecule has 6 nitrogen and oxygen atoms in total. The number of esters is 1. The van der Waals surface area contributed by atoms with Crippen LogP contribution in [0.25, 0.3) is 11.8 Å². The highest BCUT2D eigenvalue weighted by molar-refractivity contribution is 7.07. The third-order valence-electron chi connectivity index (χ3n) is 7.22. The quantitative estimate of drug-likeness (QED) is 0.304. The molecule has 0 spiro atoms. The van der Waals surface area contributed by atoms with E-state index in [0.29, 0.717) is 31.2 Å². The summed E-state index contributed by atoms with van der Waals surface area (Å²) < 4.78 is 9.67. The molecule has 5 rings (SSSR count). The van der Waals surface area contributed by atoms with Gasteiger partial charge in [0.15, 0.2) is 4.80 Å². The van der Waals surface area contributed by atoms with Gasteiger partial charge in [-0.3, -0.25) is 9.36 Å². The summed E-state index contributed by atoms with van der Waals surface area (Å²) in [4.78, 5) is 32.2. The minimum atomic E-state index is -0.737. The molecule has 39 heavy (non-hydrogen) atoms. The summed E-state index contributed by atoms with van der Waals surface area (Å²) in [6.07, 6.45) is 1.91. The zero-order valence-corrected chi connectivity index (χ0v) is 24.4. The molecule has 3 heterocycles. The van der Waals surface area contributed by atoms with Gasteiger partial charge in [0.2, 0.25) is 0 Å². The Morgan fingerprint density at radius 2 is 1.82 bits per heavy atom. The van der Waals surface area contributed by atoms with Crippen molar-refractivity contribution in [3.05, 3.63) is 118 Å². The first-order chi connectivity index (χ1) is 18.6. The van der Waals surface area contributed by atoms with E-state index in [9.17, 15) is 9.59 Å². The molecule has 8 heteroatoms. The highest BCUT2D eigenvalue weighted by atomic mass is 35.5. The lowest BCUT2D eigenvalue weighted by atomic mass is 9.96. The van der Waals surface area contributed by atoms with Crippen LogP contribution in [0.3, 0.4) is 0 Å². The van der Waals surface area contributed by atoms with Gasteiger partial charge in [0.1, 0.15) is 6.04 Å². The largest absolute Gasteiger partial charge is 0.463 e. The smallest absolute Gasteiger partial charge is 0.338 e. The van der Waals surface area contributed by atoms with Gasteiger partial charge in [0, 0.05) is 22.1 Å². The van der Waals surface area contributed by atoms with Crippen molar-refractivity contribution >= 4 is 35.0 Å². The van der Waals surface area contributed by atoms with E-state index in [-0.39, 0.29) is 12.2 Å². The van der Waals surface area contributed by atoms with Crippen LogP contribution in [0.4, 0.5) is 0 Å². The topological polar surface area (TPSA) is 65.6 Å². The molecule has 1 aliphatic heterocycles. The van der Waals surface area contributed by atoms with E-state index in [1.807, 2.05) is 24.3 Å². The first-order valence-corrected chi connectivity index (χ1v) is 14.0. The Balaban J connectivity index is 1.70. The second kappa shape index (κ2) is 10.5. The Kier molecular flexibility index (Phi) is 7.23. The van der Waals surface area contributed by atoms with Gasteiger partial charge in [-0.25, -0.2) is 9.79 Å². The number of benzene rings is 2. The standard InChI is InChI=1S/C31H30ClN3O3S/c1-7-38-30(37)27-20(5)33-31-35(28(27)24-10-8-9-11-25(24)32)29(36)26(39-31)16-22-15-19(4)34(21(22)6)23-13-12-17(2)18(3)14-23/h8-16,28H,7H2,1-6H3/b26-16-/t28-/m1/s1. The van der Waals surface area contributed by atoms with Crippen LogP contribution in [0.5, 0.6) is 0 Å². The van der Waals surface area contributed by atoms with E-state index in [1.165, 1.54) is 22.5 Å². The first kappa shape index (κ1) is 26.9. The van der Waals surface area contributed by atoms with Gasteiger partial charge in [-0.05, 0) is 94.1 Å². The minimum Gasteiger partial charge on any atom is -0.463 e. The highest BCUT2D eigenvalue weighted by Crippen LogP contribution is 2.34. The van der Waals surface area contributed by atoms with Crippen molar-refractivity contribution in [2.24, 2.45) is 4.99 Å². The van der Waals surface area contributed by atoms with Gasteiger partial charge in [0.05, 0.1) is 22.4 Å². The number of carbonyl (C=O) groups is 1. The zero-order chi connectivity index (χ0) is 28.0. The number of fused-ring (bicyclic) bond motifs is 1. The number of halogens is 1. The fourth-order valence-corrected chi connectivity index (χ4v) is 6.40. The Labute approximate surface area is 236 Å². The fraction of sp³-hybridized carbons (Fsp3) is 0.258. The maximum absolute atomic E-state index is 14.0. The van der Waals surface area contributed by atoms with E-state index in [1.54, 1.807) is 24.5 Å². The number of thiazole rings is 1. The number of aryl methyl sites for hydroxylation is 3. The Hall–Kier alpha value is -3.68. The molecular weight excluding hydrogens is 530 g/mol. The van der Waals surface area contributed by atoms with Gasteiger partial charge in [-0.2, -0.15) is 0 Å².